The SMILES string of the molecule is O=C(NC1CCN(C(=O)c2cccc(S(=O)(=O)Nc3ccccc3F)c2)CC1)C1CC1. The van der Waals surface area contributed by atoms with Crippen LogP contribution in [0.15, 0.2) is 53.4 Å². The van der Waals surface area contributed by atoms with E-state index in [0.29, 0.717) is 25.9 Å². The van der Waals surface area contributed by atoms with Crippen LogP contribution >= 0.6 is 0 Å². The second-order valence-electron chi connectivity index (χ2n) is 7.96. The highest BCUT2D eigenvalue weighted by atomic mass is 32.2. The highest BCUT2D eigenvalue weighted by Gasteiger charge is 2.32. The molecule has 0 bridgehead atoms. The highest BCUT2D eigenvalue weighted by molar-refractivity contribution is 7.92. The van der Waals surface area contributed by atoms with E-state index in [-0.39, 0.29) is 39.9 Å². The van der Waals surface area contributed by atoms with E-state index < -0.39 is 15.8 Å². The van der Waals surface area contributed by atoms with Crippen LogP contribution in [0.3, 0.4) is 0 Å². The first-order chi connectivity index (χ1) is 14.8. The van der Waals surface area contributed by atoms with Gasteiger partial charge in [0.05, 0.1) is 10.6 Å². The Morgan fingerprint density at radius 3 is 2.35 bits per heavy atom. The second kappa shape index (κ2) is 8.66. The highest BCUT2D eigenvalue weighted by Crippen LogP contribution is 2.29. The molecular formula is C22H24FN3O4S. The molecule has 0 atom stereocenters. The predicted octanol–water partition coefficient (Wildman–Crippen LogP) is 2.76. The number of halogens is 1. The number of sulfonamides is 1. The number of amides is 2. The van der Waals surface area contributed by atoms with E-state index in [2.05, 4.69) is 10.0 Å². The van der Waals surface area contributed by atoms with E-state index >= 15 is 0 Å². The van der Waals surface area contributed by atoms with Crippen molar-refractivity contribution >= 4 is 27.5 Å². The average molecular weight is 446 g/mol. The topological polar surface area (TPSA) is 95.6 Å². The number of anilines is 1. The van der Waals surface area contributed by atoms with Gasteiger partial charge >= 0.3 is 0 Å². The Bertz CT molecular complexity index is 1090. The maximum atomic E-state index is 13.8. The van der Waals surface area contributed by atoms with Crippen molar-refractivity contribution in [1.82, 2.24) is 10.2 Å². The van der Waals surface area contributed by atoms with Crippen LogP contribution in [0.2, 0.25) is 0 Å². The molecule has 0 spiro atoms. The molecule has 2 aromatic rings. The minimum absolute atomic E-state index is 0.0637. The van der Waals surface area contributed by atoms with Crippen molar-refractivity contribution in [2.75, 3.05) is 17.8 Å². The van der Waals surface area contributed by atoms with Crippen molar-refractivity contribution in [3.05, 3.63) is 59.9 Å². The maximum absolute atomic E-state index is 13.8. The number of carbonyl (C=O) groups excluding carboxylic acids is 2. The van der Waals surface area contributed by atoms with Crippen molar-refractivity contribution < 1.29 is 22.4 Å². The van der Waals surface area contributed by atoms with E-state index in [0.717, 1.165) is 18.9 Å². The average Bonchev–Trinajstić information content (AvgIpc) is 3.61. The lowest BCUT2D eigenvalue weighted by Gasteiger charge is -2.32. The fraction of sp³-hybridized carbons (Fsp3) is 0.364. The lowest BCUT2D eigenvalue weighted by molar-refractivity contribution is -0.123. The number of nitrogens with one attached hydrogen (secondary N) is 2. The van der Waals surface area contributed by atoms with Gasteiger partial charge in [0.2, 0.25) is 5.91 Å². The zero-order valence-electron chi connectivity index (χ0n) is 16.9. The third-order valence-electron chi connectivity index (χ3n) is 5.59. The number of hydrogen-bond acceptors (Lipinski definition) is 4. The smallest absolute Gasteiger partial charge is 0.262 e. The molecule has 7 nitrogen and oxygen atoms in total. The summed E-state index contributed by atoms with van der Waals surface area (Å²) in [5, 5.41) is 3.04. The van der Waals surface area contributed by atoms with Crippen molar-refractivity contribution in [3.63, 3.8) is 0 Å². The number of rotatable bonds is 6. The fourth-order valence-electron chi connectivity index (χ4n) is 3.62. The number of para-hydroxylation sites is 1. The number of nitrogens with zero attached hydrogens (tertiary/aromatic N) is 1. The summed E-state index contributed by atoms with van der Waals surface area (Å²) >= 11 is 0. The molecule has 1 saturated heterocycles. The second-order valence-corrected chi connectivity index (χ2v) is 9.64. The molecule has 1 heterocycles. The lowest BCUT2D eigenvalue weighted by atomic mass is 10.0. The molecule has 2 fully saturated rings. The van der Waals surface area contributed by atoms with Gasteiger partial charge in [-0.05, 0) is 56.0 Å². The molecule has 2 aliphatic rings. The van der Waals surface area contributed by atoms with Crippen molar-refractivity contribution in [3.8, 4) is 0 Å². The number of piperidine rings is 1. The predicted molar refractivity (Wildman–Crippen MR) is 113 cm³/mol. The summed E-state index contributed by atoms with van der Waals surface area (Å²) in [4.78, 5) is 26.4. The van der Waals surface area contributed by atoms with Gasteiger partial charge in [-0.1, -0.05) is 18.2 Å². The summed E-state index contributed by atoms with van der Waals surface area (Å²) in [6.45, 7) is 0.970. The molecule has 0 aromatic heterocycles. The molecule has 2 aromatic carbocycles. The van der Waals surface area contributed by atoms with E-state index in [1.807, 2.05) is 0 Å². The molecule has 2 N–H and O–H groups in total. The van der Waals surface area contributed by atoms with Gasteiger partial charge < -0.3 is 10.2 Å². The number of likely N-dealkylation sites (tertiary alicyclic amines) is 1. The zero-order chi connectivity index (χ0) is 22.0. The molecule has 164 valence electrons. The van der Waals surface area contributed by atoms with Gasteiger partial charge in [-0.15, -0.1) is 0 Å². The molecule has 1 saturated carbocycles. The Balaban J connectivity index is 1.41. The Morgan fingerprint density at radius 2 is 1.68 bits per heavy atom. The van der Waals surface area contributed by atoms with Crippen LogP contribution in [0, 0.1) is 11.7 Å². The van der Waals surface area contributed by atoms with Crippen LogP contribution in [0.1, 0.15) is 36.0 Å². The van der Waals surface area contributed by atoms with Gasteiger partial charge in [0.15, 0.2) is 0 Å². The van der Waals surface area contributed by atoms with Crippen molar-refractivity contribution in [2.24, 2.45) is 5.92 Å². The van der Waals surface area contributed by atoms with E-state index in [1.54, 1.807) is 11.0 Å². The van der Waals surface area contributed by atoms with Crippen LogP contribution in [0.5, 0.6) is 0 Å². The van der Waals surface area contributed by atoms with Crippen LogP contribution in [-0.2, 0) is 14.8 Å². The van der Waals surface area contributed by atoms with Crippen molar-refractivity contribution in [2.45, 2.75) is 36.6 Å². The first kappa shape index (κ1) is 21.3. The number of hydrogen-bond donors (Lipinski definition) is 2. The van der Waals surface area contributed by atoms with Crippen LogP contribution in [-0.4, -0.2) is 44.3 Å². The van der Waals surface area contributed by atoms with E-state index in [4.69, 9.17) is 0 Å². The van der Waals surface area contributed by atoms with Gasteiger partial charge in [0, 0.05) is 30.6 Å². The molecule has 4 rings (SSSR count). The molecule has 1 aliphatic carbocycles. The molecule has 1 aliphatic heterocycles. The normalized spacial score (nSPS) is 17.3. The first-order valence-corrected chi connectivity index (χ1v) is 11.8. The van der Waals surface area contributed by atoms with Crippen molar-refractivity contribution in [1.29, 1.82) is 0 Å². The number of carbonyl (C=O) groups is 2. The van der Waals surface area contributed by atoms with Gasteiger partial charge in [-0.25, -0.2) is 12.8 Å². The zero-order valence-corrected chi connectivity index (χ0v) is 17.7. The molecule has 9 heteroatoms. The summed E-state index contributed by atoms with van der Waals surface area (Å²) < 4.78 is 41.4. The monoisotopic (exact) mass is 445 g/mol. The summed E-state index contributed by atoms with van der Waals surface area (Å²) in [5.74, 6) is -0.697. The van der Waals surface area contributed by atoms with Gasteiger partial charge in [0.25, 0.3) is 15.9 Å². The third kappa shape index (κ3) is 5.04. The first-order valence-electron chi connectivity index (χ1n) is 10.3. The summed E-state index contributed by atoms with van der Waals surface area (Å²) in [7, 11) is -4.06. The molecule has 31 heavy (non-hydrogen) atoms. The standard InChI is InChI=1S/C22H24FN3O4S/c23-19-6-1-2-7-20(19)25-31(29,30)18-5-3-4-16(14-18)22(28)26-12-10-17(11-13-26)24-21(27)15-8-9-15/h1-7,14-15,17,25H,8-13H2,(H,24,27). The third-order valence-corrected chi connectivity index (χ3v) is 6.95. The minimum Gasteiger partial charge on any atom is -0.353 e. The largest absolute Gasteiger partial charge is 0.353 e. The molecule has 0 radical (unpaired) electrons. The Morgan fingerprint density at radius 1 is 0.968 bits per heavy atom. The van der Waals surface area contributed by atoms with Gasteiger partial charge in [0.1, 0.15) is 5.82 Å². The van der Waals surface area contributed by atoms with Crippen LogP contribution in [0.25, 0.3) is 0 Å². The Kier molecular flexibility index (Phi) is 5.95. The lowest BCUT2D eigenvalue weighted by Crippen LogP contribution is -2.46. The molecular weight excluding hydrogens is 421 g/mol. The van der Waals surface area contributed by atoms with Gasteiger partial charge in [-0.3, -0.25) is 14.3 Å². The molecule has 0 unspecified atom stereocenters. The minimum atomic E-state index is -4.06. The molecule has 2 amide bonds. The fourth-order valence-corrected chi connectivity index (χ4v) is 4.73. The summed E-state index contributed by atoms with van der Waals surface area (Å²) in [5.41, 5.74) is 0.0893. The van der Waals surface area contributed by atoms with Crippen LogP contribution in [0.4, 0.5) is 10.1 Å². The summed E-state index contributed by atoms with van der Waals surface area (Å²) in [6.07, 6.45) is 3.23. The maximum Gasteiger partial charge on any atom is 0.262 e. The number of benzene rings is 2. The van der Waals surface area contributed by atoms with E-state index in [9.17, 15) is 22.4 Å². The quantitative estimate of drug-likeness (QED) is 0.715. The Labute approximate surface area is 180 Å². The van der Waals surface area contributed by atoms with Crippen LogP contribution < -0.4 is 10.0 Å². The summed E-state index contributed by atoms with van der Waals surface area (Å²) in [6, 6.07) is 11.3. The van der Waals surface area contributed by atoms with Gasteiger partial charge in [-0.2, -0.15) is 0 Å². The Hall–Kier alpha value is -2.94. The van der Waals surface area contributed by atoms with E-state index in [1.165, 1.54) is 36.4 Å².